The van der Waals surface area contributed by atoms with Gasteiger partial charge in [-0.15, -0.1) is 15.3 Å². The molecule has 2 aromatic heterocycles. The minimum absolute atomic E-state index is 0.00644. The van der Waals surface area contributed by atoms with Crippen LogP contribution in [0.2, 0.25) is 0 Å². The first-order valence-corrected chi connectivity index (χ1v) is 8.29. The summed E-state index contributed by atoms with van der Waals surface area (Å²) in [6, 6.07) is 9.52. The zero-order chi connectivity index (χ0) is 19.6. The van der Waals surface area contributed by atoms with Crippen molar-refractivity contribution < 1.29 is 18.0 Å². The number of carbonyl (C=O) groups excluding carboxylic acids is 1. The van der Waals surface area contributed by atoms with Crippen LogP contribution in [0, 0.1) is 0 Å². The smallest absolute Gasteiger partial charge is 0.339 e. The monoisotopic (exact) mass is 378 g/mol. The summed E-state index contributed by atoms with van der Waals surface area (Å²) in [4.78, 5) is 14.0. The second-order valence-electron chi connectivity index (χ2n) is 5.69. The Bertz CT molecular complexity index is 947. The fourth-order valence-electron chi connectivity index (χ4n) is 2.57. The normalized spacial score (nSPS) is 11.6. The van der Waals surface area contributed by atoms with E-state index >= 15 is 0 Å². The van der Waals surface area contributed by atoms with Crippen LogP contribution in [-0.2, 0) is 6.18 Å². The van der Waals surface area contributed by atoms with Crippen LogP contribution in [0.4, 0.5) is 24.7 Å². The predicted molar refractivity (Wildman–Crippen MR) is 92.8 cm³/mol. The lowest BCUT2D eigenvalue weighted by atomic mass is 10.2. The number of aromatic nitrogens is 4. The van der Waals surface area contributed by atoms with E-state index in [9.17, 15) is 18.0 Å². The molecule has 3 aromatic rings. The predicted octanol–water partition coefficient (Wildman–Crippen LogP) is 3.37. The summed E-state index contributed by atoms with van der Waals surface area (Å²) in [6.45, 7) is 5.03. The minimum atomic E-state index is -4.66. The maximum absolute atomic E-state index is 12.9. The van der Waals surface area contributed by atoms with Gasteiger partial charge in [-0.25, -0.2) is 0 Å². The van der Waals surface area contributed by atoms with E-state index in [0.717, 1.165) is 0 Å². The molecule has 0 saturated carbocycles. The van der Waals surface area contributed by atoms with E-state index in [1.165, 1.54) is 12.1 Å². The number of rotatable bonds is 5. The van der Waals surface area contributed by atoms with Crippen LogP contribution in [0.15, 0.2) is 36.4 Å². The van der Waals surface area contributed by atoms with Crippen molar-refractivity contribution in [3.8, 4) is 0 Å². The van der Waals surface area contributed by atoms with E-state index < -0.39 is 12.0 Å². The number of benzene rings is 1. The number of nitrogens with zero attached hydrogens (tertiary/aromatic N) is 5. The van der Waals surface area contributed by atoms with Crippen molar-refractivity contribution in [2.75, 3.05) is 18.4 Å². The molecule has 3 rings (SSSR count). The fraction of sp³-hybridized carbons (Fsp3) is 0.294. The van der Waals surface area contributed by atoms with Crippen LogP contribution in [0.25, 0.3) is 5.65 Å². The van der Waals surface area contributed by atoms with E-state index in [0.29, 0.717) is 28.9 Å². The second kappa shape index (κ2) is 7.22. The second-order valence-corrected chi connectivity index (χ2v) is 5.69. The lowest BCUT2D eigenvalue weighted by Crippen LogP contribution is -2.30. The third-order valence-corrected chi connectivity index (χ3v) is 3.97. The summed E-state index contributed by atoms with van der Waals surface area (Å²) in [5, 5.41) is 13.4. The van der Waals surface area contributed by atoms with Gasteiger partial charge in [0.25, 0.3) is 11.7 Å². The van der Waals surface area contributed by atoms with Crippen LogP contribution in [0.1, 0.15) is 30.0 Å². The molecule has 7 nitrogen and oxygen atoms in total. The first-order valence-electron chi connectivity index (χ1n) is 8.29. The molecule has 0 aliphatic rings. The van der Waals surface area contributed by atoms with Crippen molar-refractivity contribution >= 4 is 23.1 Å². The number of fused-ring (bicyclic) bond motifs is 1. The third-order valence-electron chi connectivity index (χ3n) is 3.97. The van der Waals surface area contributed by atoms with Gasteiger partial charge in [0.05, 0.1) is 0 Å². The number of carbonyl (C=O) groups is 1. The first-order chi connectivity index (χ1) is 12.8. The van der Waals surface area contributed by atoms with Crippen molar-refractivity contribution in [3.63, 3.8) is 0 Å². The molecule has 142 valence electrons. The van der Waals surface area contributed by atoms with Crippen molar-refractivity contribution in [3.05, 3.63) is 47.8 Å². The van der Waals surface area contributed by atoms with Crippen LogP contribution in [0.5, 0.6) is 0 Å². The van der Waals surface area contributed by atoms with Crippen molar-refractivity contribution in [2.24, 2.45) is 0 Å². The Balaban J connectivity index is 1.82. The molecule has 0 aliphatic heterocycles. The van der Waals surface area contributed by atoms with E-state index in [-0.39, 0.29) is 17.4 Å². The molecule has 1 N–H and O–H groups in total. The van der Waals surface area contributed by atoms with Gasteiger partial charge >= 0.3 is 6.18 Å². The van der Waals surface area contributed by atoms with E-state index in [1.807, 2.05) is 13.8 Å². The molecule has 27 heavy (non-hydrogen) atoms. The highest BCUT2D eigenvalue weighted by atomic mass is 19.4. The average molecular weight is 378 g/mol. The minimum Gasteiger partial charge on any atom is -0.339 e. The Hall–Kier alpha value is -3.17. The topological polar surface area (TPSA) is 75.4 Å². The molecule has 0 aliphatic carbocycles. The Morgan fingerprint density at radius 1 is 1.07 bits per heavy atom. The molecule has 0 unspecified atom stereocenters. The van der Waals surface area contributed by atoms with Gasteiger partial charge in [0.1, 0.15) is 0 Å². The van der Waals surface area contributed by atoms with Crippen LogP contribution >= 0.6 is 0 Å². The Morgan fingerprint density at radius 3 is 2.33 bits per heavy atom. The van der Waals surface area contributed by atoms with Crippen LogP contribution < -0.4 is 5.32 Å². The standard InChI is InChI=1S/C17H17F3N6O/c1-3-25(4-2)15(27)11-5-7-12(8-6-11)21-13-9-10-14-22-23-16(17(18,19)20)26(14)24-13/h5-10H,3-4H2,1-2H3,(H,21,24). The molecular formula is C17H17F3N6O. The summed E-state index contributed by atoms with van der Waals surface area (Å²) < 4.78 is 39.4. The average Bonchev–Trinajstić information content (AvgIpc) is 3.07. The zero-order valence-electron chi connectivity index (χ0n) is 14.7. The van der Waals surface area contributed by atoms with Crippen LogP contribution in [-0.4, -0.2) is 43.7 Å². The molecule has 1 amide bonds. The van der Waals surface area contributed by atoms with E-state index in [1.54, 1.807) is 29.2 Å². The molecule has 0 atom stereocenters. The number of alkyl halides is 3. The van der Waals surface area contributed by atoms with Gasteiger partial charge in [-0.05, 0) is 50.2 Å². The highest BCUT2D eigenvalue weighted by molar-refractivity contribution is 5.94. The lowest BCUT2D eigenvalue weighted by Gasteiger charge is -2.18. The van der Waals surface area contributed by atoms with Gasteiger partial charge in [0.15, 0.2) is 11.5 Å². The molecular weight excluding hydrogens is 361 g/mol. The van der Waals surface area contributed by atoms with Gasteiger partial charge in [0.2, 0.25) is 0 Å². The maximum atomic E-state index is 12.9. The zero-order valence-corrected chi connectivity index (χ0v) is 14.7. The van der Waals surface area contributed by atoms with Gasteiger partial charge in [-0.1, -0.05) is 0 Å². The van der Waals surface area contributed by atoms with Gasteiger partial charge < -0.3 is 10.2 Å². The molecule has 0 fully saturated rings. The summed E-state index contributed by atoms with van der Waals surface area (Å²) in [5.74, 6) is -1.08. The number of anilines is 2. The Kier molecular flexibility index (Phi) is 4.98. The molecule has 0 saturated heterocycles. The van der Waals surface area contributed by atoms with Gasteiger partial charge in [0, 0.05) is 24.3 Å². The Labute approximate surface area is 152 Å². The van der Waals surface area contributed by atoms with E-state index in [2.05, 4.69) is 20.6 Å². The first kappa shape index (κ1) is 18.6. The molecule has 10 heteroatoms. The molecule has 0 spiro atoms. The van der Waals surface area contributed by atoms with Crippen molar-refractivity contribution in [2.45, 2.75) is 20.0 Å². The van der Waals surface area contributed by atoms with E-state index in [4.69, 9.17) is 0 Å². The number of halogens is 3. The number of amides is 1. The molecule has 0 radical (unpaired) electrons. The largest absolute Gasteiger partial charge is 0.453 e. The Morgan fingerprint density at radius 2 is 1.74 bits per heavy atom. The summed E-state index contributed by atoms with van der Waals surface area (Å²) in [5.41, 5.74) is 1.11. The summed E-state index contributed by atoms with van der Waals surface area (Å²) >= 11 is 0. The summed E-state index contributed by atoms with van der Waals surface area (Å²) in [6.07, 6.45) is -4.66. The SMILES string of the molecule is CCN(CC)C(=O)c1ccc(Nc2ccc3nnc(C(F)(F)F)n3n2)cc1. The number of hydrogen-bond donors (Lipinski definition) is 1. The molecule has 0 bridgehead atoms. The number of hydrogen-bond acceptors (Lipinski definition) is 5. The summed E-state index contributed by atoms with van der Waals surface area (Å²) in [7, 11) is 0. The van der Waals surface area contributed by atoms with Crippen molar-refractivity contribution in [1.82, 2.24) is 24.7 Å². The fourth-order valence-corrected chi connectivity index (χ4v) is 2.57. The van der Waals surface area contributed by atoms with Gasteiger partial charge in [-0.3, -0.25) is 4.79 Å². The third kappa shape index (κ3) is 3.83. The maximum Gasteiger partial charge on any atom is 0.453 e. The molecule has 1 aromatic carbocycles. The lowest BCUT2D eigenvalue weighted by molar-refractivity contribution is -0.146. The van der Waals surface area contributed by atoms with Crippen LogP contribution in [0.3, 0.4) is 0 Å². The quantitative estimate of drug-likeness (QED) is 0.737. The number of nitrogens with one attached hydrogen (secondary N) is 1. The van der Waals surface area contributed by atoms with Crippen molar-refractivity contribution in [1.29, 1.82) is 0 Å². The van der Waals surface area contributed by atoms with Gasteiger partial charge in [-0.2, -0.15) is 17.7 Å². The highest BCUT2D eigenvalue weighted by Gasteiger charge is 2.37. The molecule has 2 heterocycles. The highest BCUT2D eigenvalue weighted by Crippen LogP contribution is 2.28.